The number of alkyl halides is 1. The van der Waals surface area contributed by atoms with Gasteiger partial charge in [0.15, 0.2) is 0 Å². The number of hydrogen-bond acceptors (Lipinski definition) is 7. The van der Waals surface area contributed by atoms with Crippen LogP contribution >= 0.6 is 0 Å². The number of terminal acetylenes is 1. The van der Waals surface area contributed by atoms with Gasteiger partial charge in [0.05, 0.1) is 16.6 Å². The summed E-state index contributed by atoms with van der Waals surface area (Å²) in [6.45, 7) is 4.47. The van der Waals surface area contributed by atoms with Gasteiger partial charge in [0.2, 0.25) is 0 Å². The SMILES string of the molecule is C#Cc1c(F)ccc2cc(O)cc(-c3ccc4c(N5CC6CCNC6C5)nc(OC[C@@]56CCCN5C[C@H](F)C6)nc4c3)c12. The van der Waals surface area contributed by atoms with Crippen molar-refractivity contribution >= 4 is 27.5 Å². The number of fused-ring (bicyclic) bond motifs is 4. The van der Waals surface area contributed by atoms with Gasteiger partial charge in [0, 0.05) is 42.9 Å². The fourth-order valence-electron chi connectivity index (χ4n) is 8.03. The van der Waals surface area contributed by atoms with Gasteiger partial charge >= 0.3 is 6.01 Å². The second kappa shape index (κ2) is 10.0. The molecule has 0 radical (unpaired) electrons. The number of halogens is 2. The molecule has 220 valence electrons. The molecule has 9 heteroatoms. The van der Waals surface area contributed by atoms with E-state index in [1.54, 1.807) is 18.2 Å². The average Bonchev–Trinajstić information content (AvgIpc) is 3.76. The average molecular weight is 582 g/mol. The highest BCUT2D eigenvalue weighted by Gasteiger charge is 2.49. The van der Waals surface area contributed by atoms with Crippen LogP contribution in [0.2, 0.25) is 0 Å². The summed E-state index contributed by atoms with van der Waals surface area (Å²) < 4.78 is 35.6. The quantitative estimate of drug-likeness (QED) is 0.321. The third-order valence-electron chi connectivity index (χ3n) is 10.1. The summed E-state index contributed by atoms with van der Waals surface area (Å²) in [6, 6.07) is 12.7. The Morgan fingerprint density at radius 1 is 1.14 bits per heavy atom. The molecule has 8 rings (SSSR count). The fourth-order valence-corrected chi connectivity index (χ4v) is 8.03. The van der Waals surface area contributed by atoms with E-state index in [1.807, 2.05) is 18.2 Å². The lowest BCUT2D eigenvalue weighted by Crippen LogP contribution is -2.43. The maximum atomic E-state index is 14.8. The lowest BCUT2D eigenvalue weighted by Gasteiger charge is -2.31. The van der Waals surface area contributed by atoms with Gasteiger partial charge in [0.1, 0.15) is 30.2 Å². The van der Waals surface area contributed by atoms with Crippen LogP contribution in [0.15, 0.2) is 42.5 Å². The molecular weight excluding hydrogens is 548 g/mol. The van der Waals surface area contributed by atoms with Crippen molar-refractivity contribution in [3.8, 4) is 35.2 Å². The molecule has 2 N–H and O–H groups in total. The van der Waals surface area contributed by atoms with Crippen LogP contribution in [0.3, 0.4) is 0 Å². The van der Waals surface area contributed by atoms with Crippen molar-refractivity contribution in [3.63, 3.8) is 0 Å². The number of nitrogens with zero attached hydrogens (tertiary/aromatic N) is 4. The number of phenols is 1. The van der Waals surface area contributed by atoms with Gasteiger partial charge in [-0.2, -0.15) is 9.97 Å². The van der Waals surface area contributed by atoms with Crippen molar-refractivity contribution in [1.29, 1.82) is 0 Å². The van der Waals surface area contributed by atoms with Crippen molar-refractivity contribution in [3.05, 3.63) is 53.8 Å². The van der Waals surface area contributed by atoms with Gasteiger partial charge in [0.25, 0.3) is 0 Å². The molecule has 1 aromatic heterocycles. The minimum atomic E-state index is -0.842. The molecule has 5 heterocycles. The Morgan fingerprint density at radius 2 is 2.05 bits per heavy atom. The van der Waals surface area contributed by atoms with Crippen molar-refractivity contribution in [2.75, 3.05) is 44.2 Å². The van der Waals surface area contributed by atoms with Crippen molar-refractivity contribution in [1.82, 2.24) is 20.2 Å². The van der Waals surface area contributed by atoms with E-state index in [-0.39, 0.29) is 22.9 Å². The molecule has 4 aromatic rings. The Kier molecular flexibility index (Phi) is 6.21. The molecular formula is C34H33F2N5O2. The van der Waals surface area contributed by atoms with Crippen molar-refractivity contribution < 1.29 is 18.6 Å². The van der Waals surface area contributed by atoms with E-state index in [0.717, 1.165) is 62.2 Å². The van der Waals surface area contributed by atoms with E-state index in [0.29, 0.717) is 53.4 Å². The normalized spacial score (nSPS) is 26.7. The van der Waals surface area contributed by atoms with Crippen LogP contribution in [-0.4, -0.2) is 77.1 Å². The molecule has 3 aromatic carbocycles. The van der Waals surface area contributed by atoms with Crippen molar-refractivity contribution in [2.24, 2.45) is 5.92 Å². The number of nitrogens with one attached hydrogen (secondary N) is 1. The van der Waals surface area contributed by atoms with E-state index < -0.39 is 12.0 Å². The summed E-state index contributed by atoms with van der Waals surface area (Å²) >= 11 is 0. The number of phenolic OH excluding ortho intramolecular Hbond substituents is 1. The Hall–Kier alpha value is -4.00. The van der Waals surface area contributed by atoms with Gasteiger partial charge in [-0.05, 0) is 85.1 Å². The van der Waals surface area contributed by atoms with E-state index >= 15 is 0 Å². The lowest BCUT2D eigenvalue weighted by molar-refractivity contribution is 0.107. The highest BCUT2D eigenvalue weighted by Crippen LogP contribution is 2.42. The fraction of sp³-hybridized carbons (Fsp3) is 0.412. The summed E-state index contributed by atoms with van der Waals surface area (Å²) in [5.74, 6) is 3.45. The highest BCUT2D eigenvalue weighted by atomic mass is 19.1. The van der Waals surface area contributed by atoms with Crippen LogP contribution in [-0.2, 0) is 0 Å². The lowest BCUT2D eigenvalue weighted by atomic mass is 9.93. The first-order valence-electron chi connectivity index (χ1n) is 15.1. The number of aromatic nitrogens is 2. The Labute approximate surface area is 248 Å². The highest BCUT2D eigenvalue weighted by molar-refractivity contribution is 6.03. The maximum absolute atomic E-state index is 14.8. The standard InChI is InChI=1S/C34H33F2N5O2/c1-2-25-28(36)7-5-21-12-24(42)14-27(31(21)25)20-4-6-26-29(13-20)38-33(39-32(26)40-16-22-8-10-37-30(22)18-40)43-19-34-9-3-11-41(34)17-23(35)15-34/h1,4-7,12-14,22-23,30,37,42H,3,8-11,15-19H2/t22?,23-,30?,34+/m1/s1. The molecule has 4 saturated heterocycles. The van der Waals surface area contributed by atoms with Gasteiger partial charge in [-0.25, -0.2) is 8.78 Å². The second-order valence-electron chi connectivity index (χ2n) is 12.6. The largest absolute Gasteiger partial charge is 0.508 e. The zero-order valence-electron chi connectivity index (χ0n) is 23.8. The molecule has 4 aliphatic heterocycles. The summed E-state index contributed by atoms with van der Waals surface area (Å²) in [5.41, 5.74) is 1.87. The van der Waals surface area contributed by atoms with Crippen LogP contribution in [0.1, 0.15) is 31.2 Å². The Morgan fingerprint density at radius 3 is 2.91 bits per heavy atom. The molecule has 0 spiro atoms. The predicted molar refractivity (Wildman–Crippen MR) is 163 cm³/mol. The summed E-state index contributed by atoms with van der Waals surface area (Å²) in [7, 11) is 0. The number of anilines is 1. The third kappa shape index (κ3) is 4.38. The molecule has 4 atom stereocenters. The van der Waals surface area contributed by atoms with Crippen molar-refractivity contribution in [2.45, 2.75) is 43.4 Å². The molecule has 0 aliphatic carbocycles. The smallest absolute Gasteiger partial charge is 0.319 e. The summed E-state index contributed by atoms with van der Waals surface area (Å²) in [5, 5.41) is 16.3. The maximum Gasteiger partial charge on any atom is 0.319 e. The molecule has 7 nitrogen and oxygen atoms in total. The molecule has 0 amide bonds. The number of benzene rings is 3. The molecule has 2 unspecified atom stereocenters. The predicted octanol–water partition coefficient (Wildman–Crippen LogP) is 5.03. The van der Waals surface area contributed by atoms with Gasteiger partial charge < -0.3 is 20.1 Å². The number of rotatable bonds is 5. The molecule has 0 bridgehead atoms. The van der Waals surface area contributed by atoms with Crippen LogP contribution in [0, 0.1) is 24.1 Å². The molecule has 4 aliphatic rings. The van der Waals surface area contributed by atoms with Crippen LogP contribution in [0.4, 0.5) is 14.6 Å². The first-order valence-corrected chi connectivity index (χ1v) is 15.1. The molecule has 0 saturated carbocycles. The first kappa shape index (κ1) is 26.6. The van der Waals surface area contributed by atoms with Crippen LogP contribution < -0.4 is 15.0 Å². The zero-order valence-corrected chi connectivity index (χ0v) is 23.8. The Balaban J connectivity index is 1.24. The zero-order chi connectivity index (χ0) is 29.3. The third-order valence-corrected chi connectivity index (χ3v) is 10.1. The van der Waals surface area contributed by atoms with Gasteiger partial charge in [-0.15, -0.1) is 6.42 Å². The minimum absolute atomic E-state index is 0.0591. The van der Waals surface area contributed by atoms with E-state index in [4.69, 9.17) is 21.1 Å². The number of ether oxygens (including phenoxy) is 1. The van der Waals surface area contributed by atoms with E-state index in [2.05, 4.69) is 21.0 Å². The van der Waals surface area contributed by atoms with Gasteiger partial charge in [-0.1, -0.05) is 18.1 Å². The van der Waals surface area contributed by atoms with E-state index in [1.165, 1.54) is 6.07 Å². The topological polar surface area (TPSA) is 73.8 Å². The van der Waals surface area contributed by atoms with Crippen LogP contribution in [0.25, 0.3) is 32.8 Å². The summed E-state index contributed by atoms with van der Waals surface area (Å²) in [6.07, 6.45) is 8.44. The monoisotopic (exact) mass is 581 g/mol. The van der Waals surface area contributed by atoms with Crippen LogP contribution in [0.5, 0.6) is 11.8 Å². The van der Waals surface area contributed by atoms with Gasteiger partial charge in [-0.3, -0.25) is 4.90 Å². The Bertz CT molecular complexity index is 1800. The number of hydrogen-bond donors (Lipinski definition) is 2. The molecule has 4 fully saturated rings. The molecule has 43 heavy (non-hydrogen) atoms. The first-order chi connectivity index (χ1) is 20.9. The van der Waals surface area contributed by atoms with E-state index in [9.17, 15) is 13.9 Å². The number of aromatic hydroxyl groups is 1. The minimum Gasteiger partial charge on any atom is -0.508 e. The second-order valence-corrected chi connectivity index (χ2v) is 12.6. The summed E-state index contributed by atoms with van der Waals surface area (Å²) in [4.78, 5) is 14.3.